The topological polar surface area (TPSA) is 0 Å². The second kappa shape index (κ2) is 4.11. The first-order chi connectivity index (χ1) is 7.21. The lowest BCUT2D eigenvalue weighted by Crippen LogP contribution is -2.15. The van der Waals surface area contributed by atoms with Crippen LogP contribution >= 0.6 is 12.6 Å². The summed E-state index contributed by atoms with van der Waals surface area (Å²) in [5.41, 5.74) is 2.44. The molecular formula is C14H14S. The summed E-state index contributed by atoms with van der Waals surface area (Å²) in [6, 6.07) is 20.7. The van der Waals surface area contributed by atoms with Crippen molar-refractivity contribution in [2.75, 3.05) is 0 Å². The van der Waals surface area contributed by atoms with Gasteiger partial charge >= 0.3 is 0 Å². The van der Waals surface area contributed by atoms with Crippen molar-refractivity contribution in [1.82, 2.24) is 0 Å². The number of benzene rings is 2. The summed E-state index contributed by atoms with van der Waals surface area (Å²) in [5.74, 6) is 0. The highest BCUT2D eigenvalue weighted by Gasteiger charge is 2.23. The summed E-state index contributed by atoms with van der Waals surface area (Å²) >= 11 is 4.77. The summed E-state index contributed by atoms with van der Waals surface area (Å²) in [7, 11) is 0. The Balaban J connectivity index is 2.44. The van der Waals surface area contributed by atoms with E-state index >= 15 is 0 Å². The smallest absolute Gasteiger partial charge is 0.0598 e. The fourth-order valence-electron chi connectivity index (χ4n) is 1.69. The van der Waals surface area contributed by atoms with Crippen LogP contribution in [0.2, 0.25) is 0 Å². The minimum absolute atomic E-state index is 0.220. The van der Waals surface area contributed by atoms with E-state index in [-0.39, 0.29) is 4.75 Å². The largest absolute Gasteiger partial charge is 0.163 e. The molecule has 0 heterocycles. The van der Waals surface area contributed by atoms with Gasteiger partial charge < -0.3 is 0 Å². The molecule has 0 N–H and O–H groups in total. The van der Waals surface area contributed by atoms with Gasteiger partial charge in [0.2, 0.25) is 0 Å². The van der Waals surface area contributed by atoms with Crippen molar-refractivity contribution in [3.8, 4) is 0 Å². The van der Waals surface area contributed by atoms with E-state index in [0.29, 0.717) is 0 Å². The molecule has 76 valence electrons. The summed E-state index contributed by atoms with van der Waals surface area (Å²) in [4.78, 5) is 0. The van der Waals surface area contributed by atoms with Gasteiger partial charge in [-0.05, 0) is 18.1 Å². The molecule has 0 saturated carbocycles. The molecule has 0 atom stereocenters. The van der Waals surface area contributed by atoms with Crippen LogP contribution in [0.15, 0.2) is 60.7 Å². The maximum atomic E-state index is 4.77. The van der Waals surface area contributed by atoms with E-state index in [0.717, 1.165) is 0 Å². The lowest BCUT2D eigenvalue weighted by molar-refractivity contribution is 0.848. The van der Waals surface area contributed by atoms with Crippen LogP contribution < -0.4 is 0 Å². The first-order valence-corrected chi connectivity index (χ1v) is 5.49. The minimum atomic E-state index is -0.220. The van der Waals surface area contributed by atoms with Gasteiger partial charge in [0, 0.05) is 0 Å². The van der Waals surface area contributed by atoms with E-state index in [1.54, 1.807) is 0 Å². The highest BCUT2D eigenvalue weighted by atomic mass is 32.1. The Morgan fingerprint density at radius 3 is 1.40 bits per heavy atom. The molecule has 0 aliphatic carbocycles. The molecule has 0 nitrogen and oxygen atoms in total. The Bertz CT molecular complexity index is 376. The maximum absolute atomic E-state index is 4.77. The summed E-state index contributed by atoms with van der Waals surface area (Å²) in [6.45, 7) is 2.13. The van der Waals surface area contributed by atoms with Gasteiger partial charge in [-0.1, -0.05) is 60.7 Å². The molecule has 0 aliphatic rings. The third-order valence-corrected chi connectivity index (χ3v) is 3.19. The van der Waals surface area contributed by atoms with E-state index in [9.17, 15) is 0 Å². The maximum Gasteiger partial charge on any atom is 0.0598 e. The van der Waals surface area contributed by atoms with Crippen molar-refractivity contribution in [2.45, 2.75) is 11.7 Å². The molecule has 2 rings (SSSR count). The zero-order valence-electron chi connectivity index (χ0n) is 8.72. The van der Waals surface area contributed by atoms with Gasteiger partial charge in [0.15, 0.2) is 0 Å². The van der Waals surface area contributed by atoms with Crippen molar-refractivity contribution in [3.05, 3.63) is 71.8 Å². The van der Waals surface area contributed by atoms with Crippen LogP contribution in [-0.4, -0.2) is 0 Å². The first kappa shape index (κ1) is 10.3. The van der Waals surface area contributed by atoms with E-state index in [2.05, 4.69) is 31.2 Å². The quantitative estimate of drug-likeness (QED) is 0.721. The predicted octanol–water partition coefficient (Wildman–Crippen LogP) is 3.88. The molecule has 0 amide bonds. The van der Waals surface area contributed by atoms with Crippen molar-refractivity contribution in [3.63, 3.8) is 0 Å². The molecule has 0 aromatic heterocycles. The Kier molecular flexibility index (Phi) is 2.83. The van der Waals surface area contributed by atoms with Crippen molar-refractivity contribution in [1.29, 1.82) is 0 Å². The Morgan fingerprint density at radius 2 is 1.07 bits per heavy atom. The average molecular weight is 214 g/mol. The highest BCUT2D eigenvalue weighted by Crippen LogP contribution is 2.34. The highest BCUT2D eigenvalue weighted by molar-refractivity contribution is 7.81. The first-order valence-electron chi connectivity index (χ1n) is 5.04. The minimum Gasteiger partial charge on any atom is -0.163 e. The Labute approximate surface area is 96.4 Å². The fourth-order valence-corrected chi connectivity index (χ4v) is 1.99. The number of hydrogen-bond acceptors (Lipinski definition) is 1. The second-order valence-corrected chi connectivity index (χ2v) is 4.70. The number of rotatable bonds is 2. The van der Waals surface area contributed by atoms with Crippen LogP contribution in [-0.2, 0) is 4.75 Å². The molecular weight excluding hydrogens is 200 g/mol. The fraction of sp³-hybridized carbons (Fsp3) is 0.143. The van der Waals surface area contributed by atoms with Crippen LogP contribution in [0.1, 0.15) is 18.1 Å². The van der Waals surface area contributed by atoms with Crippen LogP contribution in [0, 0.1) is 0 Å². The second-order valence-electron chi connectivity index (χ2n) is 3.80. The van der Waals surface area contributed by atoms with Crippen LogP contribution in [0.5, 0.6) is 0 Å². The summed E-state index contributed by atoms with van der Waals surface area (Å²) < 4.78 is -0.220. The van der Waals surface area contributed by atoms with Crippen molar-refractivity contribution in [2.24, 2.45) is 0 Å². The average Bonchev–Trinajstić information content (AvgIpc) is 2.31. The van der Waals surface area contributed by atoms with Crippen molar-refractivity contribution >= 4 is 12.6 Å². The van der Waals surface area contributed by atoms with Gasteiger partial charge in [-0.15, -0.1) is 0 Å². The SMILES string of the molecule is CC(S)(c1ccccc1)c1ccccc1. The predicted molar refractivity (Wildman–Crippen MR) is 68.3 cm³/mol. The van der Waals surface area contributed by atoms with Gasteiger partial charge in [0.1, 0.15) is 0 Å². The van der Waals surface area contributed by atoms with E-state index in [1.807, 2.05) is 36.4 Å². The lowest BCUT2D eigenvalue weighted by Gasteiger charge is -2.24. The Hall–Kier alpha value is -1.21. The van der Waals surface area contributed by atoms with Crippen LogP contribution in [0.4, 0.5) is 0 Å². The summed E-state index contributed by atoms with van der Waals surface area (Å²) in [5, 5.41) is 0. The van der Waals surface area contributed by atoms with Gasteiger partial charge in [-0.25, -0.2) is 0 Å². The zero-order chi connectivity index (χ0) is 10.7. The van der Waals surface area contributed by atoms with Crippen LogP contribution in [0.3, 0.4) is 0 Å². The molecule has 1 heteroatoms. The molecule has 0 fully saturated rings. The standard InChI is InChI=1S/C14H14S/c1-14(15,12-8-4-2-5-9-12)13-10-6-3-7-11-13/h2-11,15H,1H3. The molecule has 15 heavy (non-hydrogen) atoms. The molecule has 0 bridgehead atoms. The third-order valence-electron chi connectivity index (χ3n) is 2.67. The monoisotopic (exact) mass is 214 g/mol. The van der Waals surface area contributed by atoms with Gasteiger partial charge in [0.25, 0.3) is 0 Å². The Morgan fingerprint density at radius 1 is 0.733 bits per heavy atom. The summed E-state index contributed by atoms with van der Waals surface area (Å²) in [6.07, 6.45) is 0. The normalized spacial score (nSPS) is 11.3. The molecule has 0 radical (unpaired) electrons. The third kappa shape index (κ3) is 2.07. The van der Waals surface area contributed by atoms with E-state index in [4.69, 9.17) is 12.6 Å². The lowest BCUT2D eigenvalue weighted by atomic mass is 9.92. The van der Waals surface area contributed by atoms with Gasteiger partial charge in [-0.3, -0.25) is 0 Å². The molecule has 0 unspecified atom stereocenters. The van der Waals surface area contributed by atoms with Crippen LogP contribution in [0.25, 0.3) is 0 Å². The molecule has 0 saturated heterocycles. The van der Waals surface area contributed by atoms with Gasteiger partial charge in [-0.2, -0.15) is 12.6 Å². The molecule has 2 aromatic carbocycles. The number of thiol groups is 1. The number of hydrogen-bond donors (Lipinski definition) is 1. The van der Waals surface area contributed by atoms with E-state index < -0.39 is 0 Å². The van der Waals surface area contributed by atoms with Gasteiger partial charge in [0.05, 0.1) is 4.75 Å². The molecule has 0 aliphatic heterocycles. The van der Waals surface area contributed by atoms with E-state index in [1.165, 1.54) is 11.1 Å². The van der Waals surface area contributed by atoms with Crippen molar-refractivity contribution < 1.29 is 0 Å². The zero-order valence-corrected chi connectivity index (χ0v) is 9.62. The molecule has 0 spiro atoms. The molecule has 2 aromatic rings.